The van der Waals surface area contributed by atoms with E-state index in [1.165, 1.54) is 5.56 Å². The van der Waals surface area contributed by atoms with Crippen molar-refractivity contribution < 1.29 is 4.74 Å². The zero-order valence-corrected chi connectivity index (χ0v) is 8.97. The van der Waals surface area contributed by atoms with Crippen LogP contribution in [0.3, 0.4) is 0 Å². The summed E-state index contributed by atoms with van der Waals surface area (Å²) in [7, 11) is 0. The summed E-state index contributed by atoms with van der Waals surface area (Å²) in [4.78, 5) is 0. The Morgan fingerprint density at radius 3 is 3.07 bits per heavy atom. The van der Waals surface area contributed by atoms with E-state index in [4.69, 9.17) is 16.3 Å². The van der Waals surface area contributed by atoms with Crippen LogP contribution in [-0.2, 0) is 4.74 Å². The van der Waals surface area contributed by atoms with Gasteiger partial charge in [0.25, 0.3) is 0 Å². The van der Waals surface area contributed by atoms with Crippen LogP contribution in [0.15, 0.2) is 18.2 Å². The summed E-state index contributed by atoms with van der Waals surface area (Å²) in [5.74, 6) is 0. The van der Waals surface area contributed by atoms with Crippen molar-refractivity contribution in [2.24, 2.45) is 0 Å². The van der Waals surface area contributed by atoms with Crippen LogP contribution in [0.5, 0.6) is 0 Å². The van der Waals surface area contributed by atoms with Crippen LogP contribution >= 0.6 is 11.6 Å². The van der Waals surface area contributed by atoms with E-state index < -0.39 is 0 Å². The Morgan fingerprint density at radius 1 is 1.50 bits per heavy atom. The minimum Gasteiger partial charge on any atom is -0.379 e. The van der Waals surface area contributed by atoms with Crippen molar-refractivity contribution in [1.29, 1.82) is 0 Å². The fourth-order valence-corrected chi connectivity index (χ4v) is 1.79. The molecule has 1 unspecified atom stereocenters. The van der Waals surface area contributed by atoms with Crippen molar-refractivity contribution in [3.63, 3.8) is 0 Å². The molecule has 3 heteroatoms. The number of hydrogen-bond acceptors (Lipinski definition) is 2. The highest BCUT2D eigenvalue weighted by molar-refractivity contribution is 6.33. The molecule has 76 valence electrons. The number of anilines is 1. The molecule has 0 bridgehead atoms. The summed E-state index contributed by atoms with van der Waals surface area (Å²) in [5.41, 5.74) is 2.23. The predicted octanol–water partition coefficient (Wildman–Crippen LogP) is 2.85. The van der Waals surface area contributed by atoms with Gasteiger partial charge in [-0.1, -0.05) is 17.7 Å². The highest BCUT2D eigenvalue weighted by atomic mass is 35.5. The third kappa shape index (κ3) is 2.20. The predicted molar refractivity (Wildman–Crippen MR) is 59.0 cm³/mol. The highest BCUT2D eigenvalue weighted by Gasteiger charge is 2.15. The Labute approximate surface area is 89.2 Å². The van der Waals surface area contributed by atoms with E-state index in [2.05, 4.69) is 18.3 Å². The molecule has 0 aliphatic carbocycles. The van der Waals surface area contributed by atoms with Crippen LogP contribution in [0.4, 0.5) is 5.69 Å². The number of halogens is 1. The molecule has 1 fully saturated rings. The molecule has 0 radical (unpaired) electrons. The molecular weight excluding hydrogens is 198 g/mol. The lowest BCUT2D eigenvalue weighted by Crippen LogP contribution is -2.19. The molecule has 1 aromatic rings. The molecule has 1 aliphatic rings. The molecular formula is C11H14ClNO. The molecule has 0 amide bonds. The quantitative estimate of drug-likeness (QED) is 0.813. The molecule has 2 rings (SSSR count). The zero-order chi connectivity index (χ0) is 9.97. The lowest BCUT2D eigenvalue weighted by Gasteiger charge is -2.14. The van der Waals surface area contributed by atoms with Crippen LogP contribution in [0.2, 0.25) is 5.02 Å². The minimum atomic E-state index is 0.411. The summed E-state index contributed by atoms with van der Waals surface area (Å²) in [6.07, 6.45) is 1.06. The second-order valence-electron chi connectivity index (χ2n) is 3.69. The van der Waals surface area contributed by atoms with Gasteiger partial charge in [-0.25, -0.2) is 0 Å². The van der Waals surface area contributed by atoms with Gasteiger partial charge in [0.15, 0.2) is 0 Å². The molecule has 2 nitrogen and oxygen atoms in total. The largest absolute Gasteiger partial charge is 0.379 e. The van der Waals surface area contributed by atoms with Crippen molar-refractivity contribution in [3.05, 3.63) is 28.8 Å². The van der Waals surface area contributed by atoms with E-state index in [1.54, 1.807) is 0 Å². The van der Waals surface area contributed by atoms with E-state index in [0.717, 1.165) is 30.3 Å². The van der Waals surface area contributed by atoms with E-state index in [1.807, 2.05) is 12.1 Å². The fourth-order valence-electron chi connectivity index (χ4n) is 1.62. The molecule has 14 heavy (non-hydrogen) atoms. The van der Waals surface area contributed by atoms with Gasteiger partial charge in [0, 0.05) is 6.61 Å². The van der Waals surface area contributed by atoms with Gasteiger partial charge in [0.05, 0.1) is 23.4 Å². The summed E-state index contributed by atoms with van der Waals surface area (Å²) in [6.45, 7) is 3.69. The van der Waals surface area contributed by atoms with E-state index >= 15 is 0 Å². The molecule has 1 atom stereocenters. The number of benzene rings is 1. The molecule has 0 aromatic heterocycles. The molecule has 1 aromatic carbocycles. The monoisotopic (exact) mass is 211 g/mol. The summed E-state index contributed by atoms with van der Waals surface area (Å²) in [6, 6.07) is 6.42. The van der Waals surface area contributed by atoms with E-state index in [0.29, 0.717) is 6.04 Å². The van der Waals surface area contributed by atoms with Gasteiger partial charge in [0.1, 0.15) is 0 Å². The fraction of sp³-hybridized carbons (Fsp3) is 0.455. The topological polar surface area (TPSA) is 21.3 Å². The second-order valence-corrected chi connectivity index (χ2v) is 4.10. The van der Waals surface area contributed by atoms with Crippen LogP contribution < -0.4 is 5.32 Å². The summed E-state index contributed by atoms with van der Waals surface area (Å²) < 4.78 is 5.29. The van der Waals surface area contributed by atoms with Crippen molar-refractivity contribution >= 4 is 17.3 Å². The van der Waals surface area contributed by atoms with E-state index in [-0.39, 0.29) is 0 Å². The normalized spacial score (nSPS) is 21.1. The first kappa shape index (κ1) is 9.81. The Bertz CT molecular complexity index is 321. The number of nitrogens with one attached hydrogen (secondary N) is 1. The number of hydrogen-bond donors (Lipinski definition) is 1. The van der Waals surface area contributed by atoms with Gasteiger partial charge in [-0.05, 0) is 31.0 Å². The minimum absolute atomic E-state index is 0.411. The maximum atomic E-state index is 6.07. The maximum absolute atomic E-state index is 6.07. The smallest absolute Gasteiger partial charge is 0.0668 e. The average molecular weight is 212 g/mol. The van der Waals surface area contributed by atoms with Gasteiger partial charge in [-0.3, -0.25) is 0 Å². The first-order valence-electron chi connectivity index (χ1n) is 4.86. The highest BCUT2D eigenvalue weighted by Crippen LogP contribution is 2.24. The van der Waals surface area contributed by atoms with Crippen LogP contribution in [0.25, 0.3) is 0 Å². The van der Waals surface area contributed by atoms with Crippen LogP contribution in [0, 0.1) is 6.92 Å². The second kappa shape index (κ2) is 4.20. The molecule has 1 heterocycles. The number of aryl methyl sites for hydroxylation is 1. The van der Waals surface area contributed by atoms with Crippen molar-refractivity contribution in [2.75, 3.05) is 18.5 Å². The maximum Gasteiger partial charge on any atom is 0.0668 e. The van der Waals surface area contributed by atoms with Crippen molar-refractivity contribution in [2.45, 2.75) is 19.4 Å². The van der Waals surface area contributed by atoms with Crippen LogP contribution in [-0.4, -0.2) is 19.3 Å². The Morgan fingerprint density at radius 2 is 2.36 bits per heavy atom. The Balaban J connectivity index is 2.10. The molecule has 1 saturated heterocycles. The van der Waals surface area contributed by atoms with Gasteiger partial charge in [0.2, 0.25) is 0 Å². The number of rotatable bonds is 2. The van der Waals surface area contributed by atoms with Gasteiger partial charge < -0.3 is 10.1 Å². The van der Waals surface area contributed by atoms with Crippen LogP contribution in [0.1, 0.15) is 12.0 Å². The van der Waals surface area contributed by atoms with Gasteiger partial charge in [-0.15, -0.1) is 0 Å². The average Bonchev–Trinajstić information content (AvgIpc) is 2.64. The molecule has 1 aliphatic heterocycles. The third-order valence-corrected chi connectivity index (χ3v) is 2.74. The molecule has 0 saturated carbocycles. The third-order valence-electron chi connectivity index (χ3n) is 2.41. The molecule has 1 N–H and O–H groups in total. The standard InChI is InChI=1S/C11H14ClNO/c1-8-2-3-10(12)11(6-8)13-9-4-5-14-7-9/h2-3,6,9,13H,4-5,7H2,1H3. The summed E-state index contributed by atoms with van der Waals surface area (Å²) in [5, 5.41) is 4.17. The number of ether oxygens (including phenoxy) is 1. The molecule has 0 spiro atoms. The van der Waals surface area contributed by atoms with E-state index in [9.17, 15) is 0 Å². The van der Waals surface area contributed by atoms with Crippen molar-refractivity contribution in [3.8, 4) is 0 Å². The zero-order valence-electron chi connectivity index (χ0n) is 8.22. The first-order chi connectivity index (χ1) is 6.75. The first-order valence-corrected chi connectivity index (χ1v) is 5.24. The Kier molecular flexibility index (Phi) is 2.94. The SMILES string of the molecule is Cc1ccc(Cl)c(NC2CCOC2)c1. The lowest BCUT2D eigenvalue weighted by atomic mass is 10.2. The van der Waals surface area contributed by atoms with Gasteiger partial charge >= 0.3 is 0 Å². The van der Waals surface area contributed by atoms with Gasteiger partial charge in [-0.2, -0.15) is 0 Å². The van der Waals surface area contributed by atoms with Crippen molar-refractivity contribution in [1.82, 2.24) is 0 Å². The lowest BCUT2D eigenvalue weighted by molar-refractivity contribution is 0.195. The Hall–Kier alpha value is -0.730. The summed E-state index contributed by atoms with van der Waals surface area (Å²) >= 11 is 6.07.